The van der Waals surface area contributed by atoms with E-state index in [0.29, 0.717) is 37.9 Å². The van der Waals surface area contributed by atoms with Crippen LogP contribution >= 0.6 is 15.9 Å². The lowest BCUT2D eigenvalue weighted by molar-refractivity contribution is -0.274. The Labute approximate surface area is 210 Å². The van der Waals surface area contributed by atoms with Gasteiger partial charge in [0.05, 0.1) is 5.41 Å². The molecule has 0 radical (unpaired) electrons. The first-order valence-corrected chi connectivity index (χ1v) is 12.3. The van der Waals surface area contributed by atoms with Gasteiger partial charge in [-0.25, -0.2) is 0 Å². The molecule has 0 bridgehead atoms. The summed E-state index contributed by atoms with van der Waals surface area (Å²) in [7, 11) is 1.86. The predicted molar refractivity (Wildman–Crippen MR) is 128 cm³/mol. The Kier molecular flexibility index (Phi) is 7.42. The molecule has 0 unspecified atom stereocenters. The van der Waals surface area contributed by atoms with Crippen molar-refractivity contribution in [1.29, 1.82) is 0 Å². The van der Waals surface area contributed by atoms with Crippen molar-refractivity contribution in [2.75, 3.05) is 20.1 Å². The van der Waals surface area contributed by atoms with E-state index >= 15 is 0 Å². The molecule has 2 aromatic rings. The number of rotatable bonds is 8. The van der Waals surface area contributed by atoms with Crippen LogP contribution in [0.15, 0.2) is 53.0 Å². The number of likely N-dealkylation sites (N-methyl/N-ethyl adjacent to an activating group) is 1. The SMILES string of the molecule is CN[C@@H]1CCN(C(=O)[C@H](Cc2ccc(Br)cc2)NC(=O)C2(c3ccc(OC(F)(F)F)cc3)CC2)C1. The van der Waals surface area contributed by atoms with Gasteiger partial charge in [-0.15, -0.1) is 13.2 Å². The molecule has 1 saturated carbocycles. The number of alkyl halides is 3. The van der Waals surface area contributed by atoms with E-state index in [1.165, 1.54) is 24.3 Å². The predicted octanol–water partition coefficient (Wildman–Crippen LogP) is 3.93. The number of carbonyl (C=O) groups is 2. The molecule has 1 aliphatic carbocycles. The van der Waals surface area contributed by atoms with Crippen LogP contribution in [0, 0.1) is 0 Å². The molecule has 2 aliphatic rings. The molecule has 0 spiro atoms. The highest BCUT2D eigenvalue weighted by Crippen LogP contribution is 2.49. The van der Waals surface area contributed by atoms with Gasteiger partial charge in [-0.2, -0.15) is 0 Å². The van der Waals surface area contributed by atoms with Crippen molar-refractivity contribution in [3.63, 3.8) is 0 Å². The van der Waals surface area contributed by atoms with Crippen LogP contribution in [-0.4, -0.2) is 55.3 Å². The zero-order chi connectivity index (χ0) is 25.2. The second kappa shape index (κ2) is 10.2. The molecule has 1 heterocycles. The molecule has 1 saturated heterocycles. The monoisotopic (exact) mass is 553 g/mol. The quantitative estimate of drug-likeness (QED) is 0.519. The number of benzene rings is 2. The number of amides is 2. The largest absolute Gasteiger partial charge is 0.573 e. The highest BCUT2D eigenvalue weighted by Gasteiger charge is 2.52. The van der Waals surface area contributed by atoms with E-state index in [1.807, 2.05) is 31.3 Å². The lowest BCUT2D eigenvalue weighted by atomic mass is 9.94. The number of carbonyl (C=O) groups excluding carboxylic acids is 2. The summed E-state index contributed by atoms with van der Waals surface area (Å²) in [6, 6.07) is 12.4. The fourth-order valence-electron chi connectivity index (χ4n) is 4.52. The van der Waals surface area contributed by atoms with Crippen LogP contribution in [0.5, 0.6) is 5.75 Å². The Balaban J connectivity index is 1.51. The van der Waals surface area contributed by atoms with Crippen molar-refractivity contribution in [3.8, 4) is 5.75 Å². The Hall–Kier alpha value is -2.59. The van der Waals surface area contributed by atoms with E-state index in [2.05, 4.69) is 31.3 Å². The van der Waals surface area contributed by atoms with Crippen LogP contribution in [0.25, 0.3) is 0 Å². The second-order valence-corrected chi connectivity index (χ2v) is 9.99. The molecule has 2 atom stereocenters. The van der Waals surface area contributed by atoms with E-state index in [9.17, 15) is 22.8 Å². The fraction of sp³-hybridized carbons (Fsp3) is 0.440. The second-order valence-electron chi connectivity index (χ2n) is 9.07. The fourth-order valence-corrected chi connectivity index (χ4v) is 4.78. The number of nitrogens with zero attached hydrogens (tertiary/aromatic N) is 1. The molecule has 1 aliphatic heterocycles. The van der Waals surface area contributed by atoms with Gasteiger partial charge in [0.1, 0.15) is 11.8 Å². The van der Waals surface area contributed by atoms with E-state index in [0.717, 1.165) is 16.5 Å². The molecule has 10 heteroatoms. The summed E-state index contributed by atoms with van der Waals surface area (Å²) < 4.78 is 42.3. The normalized spacial score (nSPS) is 19.8. The Morgan fingerprint density at radius 2 is 1.80 bits per heavy atom. The number of halogens is 4. The molecule has 188 valence electrons. The molecule has 35 heavy (non-hydrogen) atoms. The van der Waals surface area contributed by atoms with Crippen molar-refractivity contribution in [2.45, 2.75) is 49.5 Å². The van der Waals surface area contributed by atoms with Gasteiger partial charge >= 0.3 is 6.36 Å². The van der Waals surface area contributed by atoms with Gasteiger partial charge in [0.25, 0.3) is 0 Å². The molecule has 0 aromatic heterocycles. The summed E-state index contributed by atoms with van der Waals surface area (Å²) in [6.07, 6.45) is -2.48. The van der Waals surface area contributed by atoms with Gasteiger partial charge in [0.15, 0.2) is 0 Å². The summed E-state index contributed by atoms with van der Waals surface area (Å²) in [6.45, 7) is 1.19. The Bertz CT molecular complexity index is 1060. The average Bonchev–Trinajstić information content (AvgIpc) is 3.49. The van der Waals surface area contributed by atoms with Gasteiger partial charge in [0.2, 0.25) is 11.8 Å². The van der Waals surface area contributed by atoms with Crippen LogP contribution in [-0.2, 0) is 21.4 Å². The highest BCUT2D eigenvalue weighted by molar-refractivity contribution is 9.10. The van der Waals surface area contributed by atoms with Crippen LogP contribution in [0.2, 0.25) is 0 Å². The summed E-state index contributed by atoms with van der Waals surface area (Å²) in [5.74, 6) is -0.764. The third-order valence-corrected chi connectivity index (χ3v) is 7.22. The summed E-state index contributed by atoms with van der Waals surface area (Å²) in [4.78, 5) is 28.6. The highest BCUT2D eigenvalue weighted by atomic mass is 79.9. The van der Waals surface area contributed by atoms with E-state index in [4.69, 9.17) is 0 Å². The van der Waals surface area contributed by atoms with E-state index < -0.39 is 17.8 Å². The maximum absolute atomic E-state index is 13.4. The van der Waals surface area contributed by atoms with Gasteiger partial charge in [0, 0.05) is 30.0 Å². The zero-order valence-electron chi connectivity index (χ0n) is 19.2. The van der Waals surface area contributed by atoms with Crippen molar-refractivity contribution in [3.05, 3.63) is 64.1 Å². The third-order valence-electron chi connectivity index (χ3n) is 6.69. The number of likely N-dealkylation sites (tertiary alicyclic amines) is 1. The van der Waals surface area contributed by atoms with Gasteiger partial charge < -0.3 is 20.3 Å². The zero-order valence-corrected chi connectivity index (χ0v) is 20.8. The van der Waals surface area contributed by atoms with Crippen molar-refractivity contribution < 1.29 is 27.5 Å². The van der Waals surface area contributed by atoms with Crippen LogP contribution in [0.4, 0.5) is 13.2 Å². The minimum absolute atomic E-state index is 0.135. The molecule has 2 amide bonds. The molecule has 2 fully saturated rings. The van der Waals surface area contributed by atoms with Crippen molar-refractivity contribution in [2.24, 2.45) is 0 Å². The molecule has 4 rings (SSSR count). The Morgan fingerprint density at radius 3 is 2.34 bits per heavy atom. The standard InChI is InChI=1S/C25H27BrF3N3O3/c1-30-19-10-13-32(15-19)22(33)21(14-16-2-6-18(26)7-3-16)31-23(34)24(11-12-24)17-4-8-20(9-5-17)35-25(27,28)29/h2-9,19,21,30H,10-15H2,1H3,(H,31,34)/t19-,21+/m1/s1. The van der Waals surface area contributed by atoms with Crippen LogP contribution in [0.3, 0.4) is 0 Å². The third kappa shape index (κ3) is 6.16. The average molecular weight is 554 g/mol. The minimum atomic E-state index is -4.78. The maximum atomic E-state index is 13.4. The first kappa shape index (κ1) is 25.5. The smallest absolute Gasteiger partial charge is 0.406 e. The summed E-state index contributed by atoms with van der Waals surface area (Å²) >= 11 is 3.41. The van der Waals surface area contributed by atoms with Crippen LogP contribution in [0.1, 0.15) is 30.4 Å². The number of hydrogen-bond donors (Lipinski definition) is 2. The summed E-state index contributed by atoms with van der Waals surface area (Å²) in [5, 5.41) is 6.16. The van der Waals surface area contributed by atoms with Gasteiger partial charge in [-0.05, 0) is 61.7 Å². The van der Waals surface area contributed by atoms with Crippen LogP contribution < -0.4 is 15.4 Å². The molecular weight excluding hydrogens is 527 g/mol. The Morgan fingerprint density at radius 1 is 1.14 bits per heavy atom. The van der Waals surface area contributed by atoms with Crippen molar-refractivity contribution in [1.82, 2.24) is 15.5 Å². The topological polar surface area (TPSA) is 70.7 Å². The molecular formula is C25H27BrF3N3O3. The van der Waals surface area contributed by atoms with E-state index in [-0.39, 0.29) is 23.6 Å². The van der Waals surface area contributed by atoms with Gasteiger partial charge in [-0.1, -0.05) is 40.2 Å². The maximum Gasteiger partial charge on any atom is 0.573 e. The first-order valence-electron chi connectivity index (χ1n) is 11.5. The lowest BCUT2D eigenvalue weighted by Gasteiger charge is -2.27. The molecule has 2 N–H and O–H groups in total. The molecule has 6 nitrogen and oxygen atoms in total. The van der Waals surface area contributed by atoms with Crippen molar-refractivity contribution >= 4 is 27.7 Å². The summed E-state index contributed by atoms with van der Waals surface area (Å²) in [5.41, 5.74) is 0.665. The number of hydrogen-bond acceptors (Lipinski definition) is 4. The number of ether oxygens (including phenoxy) is 1. The lowest BCUT2D eigenvalue weighted by Crippen LogP contribution is -2.52. The molecule has 2 aromatic carbocycles. The van der Waals surface area contributed by atoms with Gasteiger partial charge in [-0.3, -0.25) is 9.59 Å². The minimum Gasteiger partial charge on any atom is -0.406 e. The first-order chi connectivity index (χ1) is 16.6. The number of nitrogens with one attached hydrogen (secondary N) is 2. The van der Waals surface area contributed by atoms with E-state index in [1.54, 1.807) is 4.90 Å².